The molecule has 1 fully saturated rings. The normalized spacial score (nSPS) is 19.0. The van der Waals surface area contributed by atoms with E-state index >= 15 is 0 Å². The molecule has 1 amide bonds. The van der Waals surface area contributed by atoms with Gasteiger partial charge in [0.15, 0.2) is 0 Å². The van der Waals surface area contributed by atoms with Crippen molar-refractivity contribution in [2.75, 3.05) is 26.2 Å². The van der Waals surface area contributed by atoms with Crippen LogP contribution in [0.15, 0.2) is 30.3 Å². The van der Waals surface area contributed by atoms with Crippen molar-refractivity contribution in [2.45, 2.75) is 38.8 Å². The number of nitrogens with one attached hydrogen (secondary N) is 2. The van der Waals surface area contributed by atoms with Gasteiger partial charge in [-0.25, -0.2) is 0 Å². The molecule has 2 rings (SSSR count). The van der Waals surface area contributed by atoms with E-state index in [4.69, 9.17) is 0 Å². The van der Waals surface area contributed by atoms with Gasteiger partial charge in [0.2, 0.25) is 5.91 Å². The molecule has 21 heavy (non-hydrogen) atoms. The number of hydrogen-bond acceptors (Lipinski definition) is 3. The first-order valence-electron chi connectivity index (χ1n) is 7.96. The predicted octanol–water partition coefficient (Wildman–Crippen LogP) is 1.42. The van der Waals surface area contributed by atoms with E-state index in [1.807, 2.05) is 13.0 Å². The molecule has 116 valence electrons. The summed E-state index contributed by atoms with van der Waals surface area (Å²) in [5.41, 5.74) is 1.33. The molecule has 1 heterocycles. The monoisotopic (exact) mass is 289 g/mol. The van der Waals surface area contributed by atoms with Crippen LogP contribution in [0.4, 0.5) is 0 Å². The fraction of sp³-hybridized carbons (Fsp3) is 0.588. The summed E-state index contributed by atoms with van der Waals surface area (Å²) in [5, 5.41) is 6.46. The van der Waals surface area contributed by atoms with E-state index in [2.05, 4.69) is 46.7 Å². The molecule has 0 aromatic heterocycles. The maximum absolute atomic E-state index is 12.3. The number of carbonyl (C=O) groups is 1. The number of benzene rings is 1. The molecule has 0 aliphatic carbocycles. The summed E-state index contributed by atoms with van der Waals surface area (Å²) in [6.45, 7) is 7.94. The molecule has 1 aliphatic heterocycles. The lowest BCUT2D eigenvalue weighted by molar-refractivity contribution is -0.126. The summed E-state index contributed by atoms with van der Waals surface area (Å²) in [6, 6.07) is 10.6. The highest BCUT2D eigenvalue weighted by molar-refractivity contribution is 5.81. The van der Waals surface area contributed by atoms with Gasteiger partial charge in [-0.3, -0.25) is 9.69 Å². The second kappa shape index (κ2) is 8.15. The quantitative estimate of drug-likeness (QED) is 0.832. The molecule has 2 unspecified atom stereocenters. The molecule has 2 atom stereocenters. The number of nitrogens with zero attached hydrogens (tertiary/aromatic N) is 1. The summed E-state index contributed by atoms with van der Waals surface area (Å²) in [4.78, 5) is 14.5. The van der Waals surface area contributed by atoms with Gasteiger partial charge in [-0.15, -0.1) is 0 Å². The Bertz CT molecular complexity index is 429. The van der Waals surface area contributed by atoms with Gasteiger partial charge in [0.1, 0.15) is 0 Å². The largest absolute Gasteiger partial charge is 0.352 e. The molecule has 0 radical (unpaired) electrons. The van der Waals surface area contributed by atoms with Crippen LogP contribution < -0.4 is 10.6 Å². The standard InChI is InChI=1S/C17H27N3O/c1-14(8-9-16-6-4-3-5-7-16)19-17(21)15(2)20-12-10-18-11-13-20/h3-7,14-15,18H,8-13H2,1-2H3,(H,19,21). The van der Waals surface area contributed by atoms with E-state index in [0.29, 0.717) is 0 Å². The second-order valence-corrected chi connectivity index (χ2v) is 5.90. The minimum atomic E-state index is -0.0359. The van der Waals surface area contributed by atoms with Gasteiger partial charge < -0.3 is 10.6 Å². The Kier molecular flexibility index (Phi) is 6.21. The van der Waals surface area contributed by atoms with Crippen molar-refractivity contribution in [2.24, 2.45) is 0 Å². The van der Waals surface area contributed by atoms with E-state index in [-0.39, 0.29) is 18.0 Å². The van der Waals surface area contributed by atoms with E-state index in [1.165, 1.54) is 5.56 Å². The van der Waals surface area contributed by atoms with Crippen LogP contribution in [-0.4, -0.2) is 49.1 Å². The molecule has 1 aliphatic rings. The Morgan fingerprint density at radius 2 is 1.90 bits per heavy atom. The number of carbonyl (C=O) groups excluding carboxylic acids is 1. The minimum Gasteiger partial charge on any atom is -0.352 e. The molecule has 2 N–H and O–H groups in total. The minimum absolute atomic E-state index is 0.0359. The lowest BCUT2D eigenvalue weighted by atomic mass is 10.1. The third-order valence-corrected chi connectivity index (χ3v) is 4.18. The molecule has 0 bridgehead atoms. The Morgan fingerprint density at radius 3 is 2.57 bits per heavy atom. The van der Waals surface area contributed by atoms with Crippen LogP contribution >= 0.6 is 0 Å². The Labute approximate surface area is 127 Å². The van der Waals surface area contributed by atoms with Gasteiger partial charge in [-0.05, 0) is 32.3 Å². The average Bonchev–Trinajstić information content (AvgIpc) is 2.54. The first-order chi connectivity index (χ1) is 10.2. The van der Waals surface area contributed by atoms with Crippen molar-refractivity contribution >= 4 is 5.91 Å². The van der Waals surface area contributed by atoms with E-state index in [0.717, 1.165) is 39.0 Å². The summed E-state index contributed by atoms with van der Waals surface area (Å²) in [7, 11) is 0. The first-order valence-corrected chi connectivity index (χ1v) is 7.96. The maximum atomic E-state index is 12.3. The lowest BCUT2D eigenvalue weighted by Crippen LogP contribution is -2.53. The third-order valence-electron chi connectivity index (χ3n) is 4.18. The fourth-order valence-electron chi connectivity index (χ4n) is 2.70. The molecular formula is C17H27N3O. The van der Waals surface area contributed by atoms with E-state index < -0.39 is 0 Å². The highest BCUT2D eigenvalue weighted by atomic mass is 16.2. The zero-order chi connectivity index (χ0) is 15.1. The molecule has 0 saturated carbocycles. The number of piperazine rings is 1. The average molecular weight is 289 g/mol. The zero-order valence-corrected chi connectivity index (χ0v) is 13.1. The zero-order valence-electron chi connectivity index (χ0n) is 13.1. The number of amides is 1. The highest BCUT2D eigenvalue weighted by Crippen LogP contribution is 2.06. The van der Waals surface area contributed by atoms with Gasteiger partial charge in [0, 0.05) is 32.2 Å². The summed E-state index contributed by atoms with van der Waals surface area (Å²) < 4.78 is 0. The van der Waals surface area contributed by atoms with Crippen LogP contribution in [0.25, 0.3) is 0 Å². The first kappa shape index (κ1) is 16.0. The van der Waals surface area contributed by atoms with Gasteiger partial charge in [0.05, 0.1) is 6.04 Å². The van der Waals surface area contributed by atoms with Crippen molar-refractivity contribution in [1.82, 2.24) is 15.5 Å². The smallest absolute Gasteiger partial charge is 0.237 e. The molecule has 1 saturated heterocycles. The van der Waals surface area contributed by atoms with Crippen LogP contribution in [-0.2, 0) is 11.2 Å². The Morgan fingerprint density at radius 1 is 1.24 bits per heavy atom. The molecule has 4 nitrogen and oxygen atoms in total. The van der Waals surface area contributed by atoms with E-state index in [1.54, 1.807) is 0 Å². The SMILES string of the molecule is CC(CCc1ccccc1)NC(=O)C(C)N1CCNCC1. The van der Waals surface area contributed by atoms with E-state index in [9.17, 15) is 4.79 Å². The molecule has 4 heteroatoms. The molecular weight excluding hydrogens is 262 g/mol. The Hall–Kier alpha value is -1.39. The van der Waals surface area contributed by atoms with Crippen LogP contribution in [0.1, 0.15) is 25.8 Å². The van der Waals surface area contributed by atoms with Crippen molar-refractivity contribution < 1.29 is 4.79 Å². The predicted molar refractivity (Wildman–Crippen MR) is 86.3 cm³/mol. The van der Waals surface area contributed by atoms with Crippen molar-refractivity contribution in [3.05, 3.63) is 35.9 Å². The molecule has 0 spiro atoms. The Balaban J connectivity index is 1.73. The van der Waals surface area contributed by atoms with Crippen LogP contribution in [0.2, 0.25) is 0 Å². The van der Waals surface area contributed by atoms with Crippen molar-refractivity contribution in [3.63, 3.8) is 0 Å². The number of hydrogen-bond donors (Lipinski definition) is 2. The van der Waals surface area contributed by atoms with Crippen LogP contribution in [0.5, 0.6) is 0 Å². The second-order valence-electron chi connectivity index (χ2n) is 5.90. The molecule has 1 aromatic carbocycles. The lowest BCUT2D eigenvalue weighted by Gasteiger charge is -2.32. The summed E-state index contributed by atoms with van der Waals surface area (Å²) >= 11 is 0. The van der Waals surface area contributed by atoms with Gasteiger partial charge in [-0.1, -0.05) is 30.3 Å². The van der Waals surface area contributed by atoms with Gasteiger partial charge in [0.25, 0.3) is 0 Å². The fourth-order valence-corrected chi connectivity index (χ4v) is 2.70. The maximum Gasteiger partial charge on any atom is 0.237 e. The number of rotatable bonds is 6. The summed E-state index contributed by atoms with van der Waals surface area (Å²) in [6.07, 6.45) is 1.98. The third kappa shape index (κ3) is 5.14. The van der Waals surface area contributed by atoms with Crippen molar-refractivity contribution in [1.29, 1.82) is 0 Å². The van der Waals surface area contributed by atoms with Crippen molar-refractivity contribution in [3.8, 4) is 0 Å². The van der Waals surface area contributed by atoms with Crippen LogP contribution in [0.3, 0.4) is 0 Å². The van der Waals surface area contributed by atoms with Gasteiger partial charge >= 0.3 is 0 Å². The van der Waals surface area contributed by atoms with Gasteiger partial charge in [-0.2, -0.15) is 0 Å². The topological polar surface area (TPSA) is 44.4 Å². The van der Waals surface area contributed by atoms with Crippen LogP contribution in [0, 0.1) is 0 Å². The summed E-state index contributed by atoms with van der Waals surface area (Å²) in [5.74, 6) is 0.150. The highest BCUT2D eigenvalue weighted by Gasteiger charge is 2.23. The molecule has 1 aromatic rings. The number of aryl methyl sites for hydroxylation is 1.